The molecule has 3 aromatic rings. The Bertz CT molecular complexity index is 1050. The highest BCUT2D eigenvalue weighted by Crippen LogP contribution is 2.39. The van der Waals surface area contributed by atoms with Crippen LogP contribution in [-0.2, 0) is 19.4 Å². The zero-order chi connectivity index (χ0) is 20.4. The van der Waals surface area contributed by atoms with Crippen LogP contribution in [0.2, 0.25) is 0 Å². The summed E-state index contributed by atoms with van der Waals surface area (Å²) in [4.78, 5) is 12.8. The zero-order valence-electron chi connectivity index (χ0n) is 17.2. The fourth-order valence-corrected chi connectivity index (χ4v) is 5.17. The first-order valence-electron chi connectivity index (χ1n) is 10.3. The first kappa shape index (κ1) is 19.8. The lowest BCUT2D eigenvalue weighted by Gasteiger charge is -2.16. The largest absolute Gasteiger partial charge is 0.507 e. The van der Waals surface area contributed by atoms with Gasteiger partial charge in [0.25, 0.3) is 0 Å². The van der Waals surface area contributed by atoms with Crippen molar-refractivity contribution in [3.05, 3.63) is 46.1 Å². The van der Waals surface area contributed by atoms with Crippen LogP contribution in [0.15, 0.2) is 29.6 Å². The second kappa shape index (κ2) is 8.47. The van der Waals surface area contributed by atoms with Crippen molar-refractivity contribution < 1.29 is 10.0 Å². The molecule has 0 bridgehead atoms. The Kier molecular flexibility index (Phi) is 5.78. The number of aromatic nitrogens is 2. The molecule has 0 unspecified atom stereocenters. The van der Waals surface area contributed by atoms with Crippen molar-refractivity contribution in [1.29, 1.82) is 0 Å². The Labute approximate surface area is 175 Å². The number of thiophene rings is 1. The van der Waals surface area contributed by atoms with Gasteiger partial charge < -0.3 is 10.0 Å². The Morgan fingerprint density at radius 2 is 2.07 bits per heavy atom. The van der Waals surface area contributed by atoms with Crippen molar-refractivity contribution in [3.63, 3.8) is 0 Å². The summed E-state index contributed by atoms with van der Waals surface area (Å²) in [6, 6.07) is 5.72. The Hall–Kier alpha value is -2.51. The molecule has 0 saturated carbocycles. The number of hydrogen-bond donors (Lipinski definition) is 3. The number of hydrogen-bond acceptors (Lipinski definition) is 6. The van der Waals surface area contributed by atoms with E-state index in [1.54, 1.807) is 23.7 Å². The molecule has 6 nitrogen and oxygen atoms in total. The third-order valence-electron chi connectivity index (χ3n) is 5.77. The number of nitrogens with zero attached hydrogens (tertiary/aromatic N) is 3. The van der Waals surface area contributed by atoms with Crippen molar-refractivity contribution in [3.8, 4) is 5.75 Å². The fourth-order valence-electron chi connectivity index (χ4n) is 3.94. The molecule has 2 heterocycles. The van der Waals surface area contributed by atoms with E-state index in [0.717, 1.165) is 65.3 Å². The number of nitrogens with one attached hydrogen (secondary N) is 2. The van der Waals surface area contributed by atoms with Crippen LogP contribution in [0.5, 0.6) is 5.75 Å². The van der Waals surface area contributed by atoms with Gasteiger partial charge >= 0.3 is 0 Å². The van der Waals surface area contributed by atoms with Crippen LogP contribution in [0.4, 0.5) is 5.82 Å². The molecular formula is C22H28N5OS+. The van der Waals surface area contributed by atoms with Gasteiger partial charge in [-0.05, 0) is 69.4 Å². The van der Waals surface area contributed by atoms with Crippen LogP contribution < -0.4 is 10.3 Å². The van der Waals surface area contributed by atoms with Gasteiger partial charge in [-0.3, -0.25) is 5.43 Å². The molecule has 29 heavy (non-hydrogen) atoms. The molecule has 0 amide bonds. The second-order valence-corrected chi connectivity index (χ2v) is 8.63. The summed E-state index contributed by atoms with van der Waals surface area (Å²) in [5, 5.41) is 16.0. The van der Waals surface area contributed by atoms with E-state index < -0.39 is 0 Å². The molecule has 7 heteroatoms. The lowest BCUT2D eigenvalue weighted by molar-refractivity contribution is -0.910. The topological polar surface area (TPSA) is 74.8 Å². The molecule has 1 aromatic carbocycles. The van der Waals surface area contributed by atoms with E-state index in [0.29, 0.717) is 5.75 Å². The number of aryl methyl sites for hydroxylation is 2. The molecule has 0 atom stereocenters. The van der Waals surface area contributed by atoms with E-state index in [2.05, 4.69) is 34.3 Å². The highest BCUT2D eigenvalue weighted by molar-refractivity contribution is 7.19. The van der Waals surface area contributed by atoms with Gasteiger partial charge in [-0.1, -0.05) is 0 Å². The van der Waals surface area contributed by atoms with Crippen molar-refractivity contribution in [1.82, 2.24) is 9.97 Å². The third-order valence-corrected chi connectivity index (χ3v) is 6.97. The quantitative estimate of drug-likeness (QED) is 0.413. The summed E-state index contributed by atoms with van der Waals surface area (Å²) < 4.78 is 0. The molecule has 2 aromatic heterocycles. The first-order chi connectivity index (χ1) is 14.1. The van der Waals surface area contributed by atoms with E-state index in [1.165, 1.54) is 21.8 Å². The predicted octanol–water partition coefficient (Wildman–Crippen LogP) is 3.15. The molecule has 0 radical (unpaired) electrons. The third kappa shape index (κ3) is 3.97. The normalized spacial score (nSPS) is 14.0. The number of aromatic hydroxyl groups is 1. The molecule has 152 valence electrons. The summed E-state index contributed by atoms with van der Waals surface area (Å²) in [6.07, 6.45) is 5.04. The van der Waals surface area contributed by atoms with E-state index in [9.17, 15) is 5.11 Å². The number of hydrazone groups is 1. The van der Waals surface area contributed by atoms with Gasteiger partial charge in [-0.25, -0.2) is 9.97 Å². The SMILES string of the molecule is CC[NH+](CC)Cc1cc(/C(C)=N/Nc2ncnc3sc4c(c23)CCC4)ccc1O. The molecule has 0 aliphatic heterocycles. The highest BCUT2D eigenvalue weighted by atomic mass is 32.1. The van der Waals surface area contributed by atoms with Crippen molar-refractivity contribution in [2.75, 3.05) is 18.5 Å². The molecule has 0 spiro atoms. The van der Waals surface area contributed by atoms with Crippen molar-refractivity contribution >= 4 is 33.1 Å². The van der Waals surface area contributed by atoms with Crippen LogP contribution >= 0.6 is 11.3 Å². The second-order valence-electron chi connectivity index (χ2n) is 7.55. The monoisotopic (exact) mass is 410 g/mol. The Morgan fingerprint density at radius 1 is 1.24 bits per heavy atom. The summed E-state index contributed by atoms with van der Waals surface area (Å²) in [5.74, 6) is 1.13. The fraction of sp³-hybridized carbons (Fsp3) is 0.409. The number of rotatable bonds is 7. The van der Waals surface area contributed by atoms with Crippen LogP contribution in [0.25, 0.3) is 10.2 Å². The summed E-state index contributed by atoms with van der Waals surface area (Å²) >= 11 is 1.77. The minimum atomic E-state index is 0.347. The number of benzene rings is 1. The van der Waals surface area contributed by atoms with Gasteiger partial charge in [-0.2, -0.15) is 5.10 Å². The van der Waals surface area contributed by atoms with Crippen LogP contribution in [-0.4, -0.2) is 33.9 Å². The molecule has 1 aliphatic carbocycles. The highest BCUT2D eigenvalue weighted by Gasteiger charge is 2.21. The van der Waals surface area contributed by atoms with Crippen LogP contribution in [0.1, 0.15) is 48.8 Å². The first-order valence-corrected chi connectivity index (χ1v) is 11.1. The minimum absolute atomic E-state index is 0.347. The standard InChI is InChI=1S/C22H27N5OS/c1-4-27(5-2)12-16-11-15(9-10-18(16)28)14(3)25-26-21-20-17-7-6-8-19(17)29-22(20)24-13-23-21/h9-11,13,28H,4-8,12H2,1-3H3,(H,23,24,26)/p+1/b25-14+. The van der Waals surface area contributed by atoms with Gasteiger partial charge in [0.15, 0.2) is 5.82 Å². The predicted molar refractivity (Wildman–Crippen MR) is 119 cm³/mol. The minimum Gasteiger partial charge on any atom is -0.507 e. The van der Waals surface area contributed by atoms with Crippen LogP contribution in [0, 0.1) is 0 Å². The molecule has 3 N–H and O–H groups in total. The molecule has 0 saturated heterocycles. The molecule has 0 fully saturated rings. The number of quaternary nitrogens is 1. The van der Waals surface area contributed by atoms with E-state index in [-0.39, 0.29) is 0 Å². The van der Waals surface area contributed by atoms with Gasteiger partial charge in [0, 0.05) is 10.4 Å². The summed E-state index contributed by atoms with van der Waals surface area (Å²) in [7, 11) is 0. The molecular weight excluding hydrogens is 382 g/mol. The van der Waals surface area contributed by atoms with E-state index >= 15 is 0 Å². The number of phenolic OH excluding ortho intramolecular Hbond substituents is 1. The van der Waals surface area contributed by atoms with Crippen LogP contribution in [0.3, 0.4) is 0 Å². The average molecular weight is 411 g/mol. The lowest BCUT2D eigenvalue weighted by atomic mass is 10.1. The lowest BCUT2D eigenvalue weighted by Crippen LogP contribution is -3.10. The maximum atomic E-state index is 10.3. The molecule has 4 rings (SSSR count). The average Bonchev–Trinajstić information content (AvgIpc) is 3.32. The van der Waals surface area contributed by atoms with E-state index in [1.807, 2.05) is 19.1 Å². The molecule has 1 aliphatic rings. The Morgan fingerprint density at radius 3 is 2.86 bits per heavy atom. The number of fused-ring (bicyclic) bond motifs is 3. The Balaban J connectivity index is 1.59. The van der Waals surface area contributed by atoms with E-state index in [4.69, 9.17) is 0 Å². The van der Waals surface area contributed by atoms with Gasteiger partial charge in [0.1, 0.15) is 23.5 Å². The van der Waals surface area contributed by atoms with Crippen molar-refractivity contribution in [2.24, 2.45) is 5.10 Å². The summed E-state index contributed by atoms with van der Waals surface area (Å²) in [5.41, 5.74) is 7.37. The number of anilines is 1. The summed E-state index contributed by atoms with van der Waals surface area (Å²) in [6.45, 7) is 9.18. The van der Waals surface area contributed by atoms with Gasteiger partial charge in [0.05, 0.1) is 24.2 Å². The van der Waals surface area contributed by atoms with Gasteiger partial charge in [0.2, 0.25) is 0 Å². The smallest absolute Gasteiger partial charge is 0.158 e. The van der Waals surface area contributed by atoms with Crippen molar-refractivity contribution in [2.45, 2.75) is 46.6 Å². The maximum absolute atomic E-state index is 10.3. The number of phenols is 1. The van der Waals surface area contributed by atoms with Gasteiger partial charge in [-0.15, -0.1) is 11.3 Å². The zero-order valence-corrected chi connectivity index (χ0v) is 18.1. The maximum Gasteiger partial charge on any atom is 0.158 e.